The van der Waals surface area contributed by atoms with Gasteiger partial charge in [-0.25, -0.2) is 0 Å². The van der Waals surface area contributed by atoms with Crippen LogP contribution in [0.5, 0.6) is 0 Å². The van der Waals surface area contributed by atoms with Gasteiger partial charge in [-0.15, -0.1) is 12.4 Å². The molecule has 0 amide bonds. The van der Waals surface area contributed by atoms with Gasteiger partial charge in [0.1, 0.15) is 0 Å². The van der Waals surface area contributed by atoms with E-state index in [-0.39, 0.29) is 12.4 Å². The van der Waals surface area contributed by atoms with Gasteiger partial charge in [0.05, 0.1) is 11.9 Å². The maximum atomic E-state index is 4.22. The predicted molar refractivity (Wildman–Crippen MR) is 86.5 cm³/mol. The minimum absolute atomic E-state index is 0. The van der Waals surface area contributed by atoms with Crippen LogP contribution < -0.4 is 5.32 Å². The number of hydrogen-bond acceptors (Lipinski definition) is 4. The average molecular weight is 313 g/mol. The first-order chi connectivity index (χ1) is 9.34. The Morgan fingerprint density at radius 1 is 1.40 bits per heavy atom. The van der Waals surface area contributed by atoms with Crippen LogP contribution in [0.25, 0.3) is 11.3 Å². The zero-order valence-electron chi connectivity index (χ0n) is 11.6. The number of piperidine rings is 1. The molecule has 3 heterocycles. The van der Waals surface area contributed by atoms with E-state index in [9.17, 15) is 0 Å². The van der Waals surface area contributed by atoms with Crippen molar-refractivity contribution in [3.8, 4) is 11.3 Å². The summed E-state index contributed by atoms with van der Waals surface area (Å²) < 4.78 is 0. The van der Waals surface area contributed by atoms with Crippen molar-refractivity contribution in [2.45, 2.75) is 25.4 Å². The molecule has 0 unspecified atom stereocenters. The Balaban J connectivity index is 0.00000147. The predicted octanol–water partition coefficient (Wildman–Crippen LogP) is 2.74. The van der Waals surface area contributed by atoms with Crippen molar-refractivity contribution >= 4 is 23.7 Å². The fraction of sp³-hybridized carbons (Fsp3) is 0.500. The van der Waals surface area contributed by atoms with E-state index in [2.05, 4.69) is 44.3 Å². The molecule has 20 heavy (non-hydrogen) atoms. The molecule has 0 aromatic carbocycles. The zero-order chi connectivity index (χ0) is 13.1. The quantitative estimate of drug-likeness (QED) is 0.912. The van der Waals surface area contributed by atoms with Crippen LogP contribution in [0.4, 0.5) is 0 Å². The van der Waals surface area contributed by atoms with E-state index in [1.807, 2.05) is 6.20 Å². The highest BCUT2D eigenvalue weighted by Crippen LogP contribution is 2.25. The minimum atomic E-state index is 0. The summed E-state index contributed by atoms with van der Waals surface area (Å²) in [5, 5.41) is 15.0. The molecule has 2 N–H and O–H groups in total. The highest BCUT2D eigenvalue weighted by atomic mass is 35.5. The van der Waals surface area contributed by atoms with Crippen LogP contribution in [-0.4, -0.2) is 41.3 Å². The lowest BCUT2D eigenvalue weighted by atomic mass is 10.0. The summed E-state index contributed by atoms with van der Waals surface area (Å²) in [5.41, 5.74) is 3.71. The number of H-pyrrole nitrogens is 1. The molecule has 2 aromatic rings. The van der Waals surface area contributed by atoms with Crippen molar-refractivity contribution in [1.82, 2.24) is 20.4 Å². The van der Waals surface area contributed by atoms with Crippen molar-refractivity contribution in [2.24, 2.45) is 0 Å². The van der Waals surface area contributed by atoms with E-state index in [1.54, 1.807) is 11.3 Å². The maximum Gasteiger partial charge on any atom is 0.0703 e. The van der Waals surface area contributed by atoms with Gasteiger partial charge in [-0.3, -0.25) is 10.00 Å². The summed E-state index contributed by atoms with van der Waals surface area (Å²) in [6.45, 7) is 3.24. The van der Waals surface area contributed by atoms with Crippen LogP contribution in [0.3, 0.4) is 0 Å². The largest absolute Gasteiger partial charge is 0.317 e. The van der Waals surface area contributed by atoms with E-state index in [1.165, 1.54) is 29.7 Å². The first-order valence-corrected chi connectivity index (χ1v) is 7.74. The Labute approximate surface area is 130 Å². The van der Waals surface area contributed by atoms with Gasteiger partial charge < -0.3 is 5.32 Å². The number of hydrogen-bond donors (Lipinski definition) is 2. The number of halogens is 1. The normalized spacial score (nSPS) is 16.3. The SMILES string of the molecule is CN(Cc1cn[nH]c1-c1ccsc1)C1CCNCC1.Cl. The minimum Gasteiger partial charge on any atom is -0.317 e. The smallest absolute Gasteiger partial charge is 0.0703 e. The van der Waals surface area contributed by atoms with E-state index in [4.69, 9.17) is 0 Å². The van der Waals surface area contributed by atoms with Crippen molar-refractivity contribution in [1.29, 1.82) is 0 Å². The van der Waals surface area contributed by atoms with Gasteiger partial charge in [0.2, 0.25) is 0 Å². The molecule has 1 saturated heterocycles. The van der Waals surface area contributed by atoms with E-state index >= 15 is 0 Å². The van der Waals surface area contributed by atoms with Crippen molar-refractivity contribution in [3.63, 3.8) is 0 Å². The van der Waals surface area contributed by atoms with Crippen molar-refractivity contribution < 1.29 is 0 Å². The Kier molecular flexibility index (Phi) is 5.60. The van der Waals surface area contributed by atoms with Crippen LogP contribution in [0.2, 0.25) is 0 Å². The third kappa shape index (κ3) is 3.41. The van der Waals surface area contributed by atoms with Crippen molar-refractivity contribution in [2.75, 3.05) is 20.1 Å². The first-order valence-electron chi connectivity index (χ1n) is 6.80. The van der Waals surface area contributed by atoms with Crippen LogP contribution in [0, 0.1) is 0 Å². The van der Waals surface area contributed by atoms with Crippen LogP contribution >= 0.6 is 23.7 Å². The van der Waals surface area contributed by atoms with Crippen LogP contribution in [0.1, 0.15) is 18.4 Å². The summed E-state index contributed by atoms with van der Waals surface area (Å²) in [5.74, 6) is 0. The van der Waals surface area contributed by atoms with Gasteiger partial charge in [0, 0.05) is 29.1 Å². The highest BCUT2D eigenvalue weighted by Gasteiger charge is 2.19. The van der Waals surface area contributed by atoms with Gasteiger partial charge >= 0.3 is 0 Å². The van der Waals surface area contributed by atoms with Gasteiger partial charge in [-0.2, -0.15) is 16.4 Å². The molecule has 0 saturated carbocycles. The average Bonchev–Trinajstić information content (AvgIpc) is 3.10. The lowest BCUT2D eigenvalue weighted by Crippen LogP contribution is -2.40. The second-order valence-electron chi connectivity index (χ2n) is 5.18. The Bertz CT molecular complexity index is 505. The molecule has 110 valence electrons. The Hall–Kier alpha value is -0.880. The monoisotopic (exact) mass is 312 g/mol. The number of aromatic nitrogens is 2. The molecule has 0 radical (unpaired) electrons. The summed E-state index contributed by atoms with van der Waals surface area (Å²) in [4.78, 5) is 2.46. The lowest BCUT2D eigenvalue weighted by Gasteiger charge is -2.31. The summed E-state index contributed by atoms with van der Waals surface area (Å²) in [6.07, 6.45) is 4.44. The number of rotatable bonds is 4. The number of aromatic amines is 1. The molecular formula is C14H21ClN4S. The van der Waals surface area contributed by atoms with Gasteiger partial charge in [-0.1, -0.05) is 0 Å². The molecular weight excluding hydrogens is 292 g/mol. The van der Waals surface area contributed by atoms with Gasteiger partial charge in [0.25, 0.3) is 0 Å². The summed E-state index contributed by atoms with van der Waals surface area (Å²) in [7, 11) is 2.22. The number of nitrogens with one attached hydrogen (secondary N) is 2. The molecule has 1 aliphatic rings. The second-order valence-corrected chi connectivity index (χ2v) is 5.96. The molecule has 1 fully saturated rings. The van der Waals surface area contributed by atoms with Gasteiger partial charge in [0.15, 0.2) is 0 Å². The number of nitrogens with zero attached hydrogens (tertiary/aromatic N) is 2. The van der Waals surface area contributed by atoms with E-state index < -0.39 is 0 Å². The lowest BCUT2D eigenvalue weighted by molar-refractivity contribution is 0.192. The standard InChI is InChI=1S/C14H20N4S.ClH/c1-18(13-2-5-15-6-3-13)9-12-8-16-17-14(12)11-4-7-19-10-11;/h4,7-8,10,13,15H,2-3,5-6,9H2,1H3,(H,16,17);1H. The topological polar surface area (TPSA) is 44.0 Å². The Morgan fingerprint density at radius 2 is 2.20 bits per heavy atom. The third-order valence-electron chi connectivity index (χ3n) is 3.88. The molecule has 2 aromatic heterocycles. The molecule has 0 aliphatic carbocycles. The van der Waals surface area contributed by atoms with Gasteiger partial charge in [-0.05, 0) is 44.4 Å². The van der Waals surface area contributed by atoms with Crippen molar-refractivity contribution in [3.05, 3.63) is 28.6 Å². The molecule has 0 bridgehead atoms. The fourth-order valence-electron chi connectivity index (χ4n) is 2.73. The maximum absolute atomic E-state index is 4.22. The van der Waals surface area contributed by atoms with E-state index in [0.717, 1.165) is 19.6 Å². The second kappa shape index (κ2) is 7.22. The van der Waals surface area contributed by atoms with E-state index in [0.29, 0.717) is 6.04 Å². The molecule has 1 aliphatic heterocycles. The molecule has 0 spiro atoms. The first kappa shape index (κ1) is 15.5. The summed E-state index contributed by atoms with van der Waals surface area (Å²) >= 11 is 1.72. The molecule has 3 rings (SSSR count). The fourth-order valence-corrected chi connectivity index (χ4v) is 3.38. The molecule has 4 nitrogen and oxygen atoms in total. The zero-order valence-corrected chi connectivity index (χ0v) is 13.3. The summed E-state index contributed by atoms with van der Waals surface area (Å²) in [6, 6.07) is 2.83. The number of thiophene rings is 1. The third-order valence-corrected chi connectivity index (χ3v) is 4.56. The Morgan fingerprint density at radius 3 is 2.90 bits per heavy atom. The molecule has 6 heteroatoms. The highest BCUT2D eigenvalue weighted by molar-refractivity contribution is 7.08. The van der Waals surface area contributed by atoms with Crippen LogP contribution in [-0.2, 0) is 6.54 Å². The molecule has 0 atom stereocenters. The van der Waals surface area contributed by atoms with Crippen LogP contribution in [0.15, 0.2) is 23.0 Å².